The Labute approximate surface area is 162 Å². The SMILES string of the molecule is COc1ncc(C2(O)CCN(C(=O)c3cc4c(s3)CCC4)CC2)c(OC)n1. The van der Waals surface area contributed by atoms with Gasteiger partial charge in [-0.05, 0) is 43.7 Å². The smallest absolute Gasteiger partial charge is 0.319 e. The summed E-state index contributed by atoms with van der Waals surface area (Å²) in [4.78, 5) is 25.1. The lowest BCUT2D eigenvalue weighted by Gasteiger charge is -2.38. The van der Waals surface area contributed by atoms with Crippen LogP contribution in [0.25, 0.3) is 0 Å². The Kier molecular flexibility index (Phi) is 4.77. The average molecular weight is 389 g/mol. The van der Waals surface area contributed by atoms with Gasteiger partial charge in [0.25, 0.3) is 5.91 Å². The quantitative estimate of drug-likeness (QED) is 0.863. The maximum Gasteiger partial charge on any atom is 0.319 e. The van der Waals surface area contributed by atoms with Gasteiger partial charge >= 0.3 is 6.01 Å². The molecule has 1 fully saturated rings. The molecule has 2 aliphatic rings. The van der Waals surface area contributed by atoms with Crippen LogP contribution in [0.2, 0.25) is 0 Å². The van der Waals surface area contributed by atoms with E-state index in [1.807, 2.05) is 4.90 Å². The first-order chi connectivity index (χ1) is 13.0. The molecule has 0 bridgehead atoms. The third-order valence-corrected chi connectivity index (χ3v) is 6.67. The van der Waals surface area contributed by atoms with Crippen LogP contribution in [0.4, 0.5) is 0 Å². The van der Waals surface area contributed by atoms with Gasteiger partial charge in [0.2, 0.25) is 5.88 Å². The Morgan fingerprint density at radius 1 is 1.26 bits per heavy atom. The summed E-state index contributed by atoms with van der Waals surface area (Å²) in [6.07, 6.45) is 5.73. The second-order valence-electron chi connectivity index (χ2n) is 7.02. The van der Waals surface area contributed by atoms with Gasteiger partial charge in [0.15, 0.2) is 0 Å². The summed E-state index contributed by atoms with van der Waals surface area (Å²) in [7, 11) is 2.98. The number of piperidine rings is 1. The number of carbonyl (C=O) groups is 1. The van der Waals surface area contributed by atoms with Crippen molar-refractivity contribution in [1.82, 2.24) is 14.9 Å². The van der Waals surface area contributed by atoms with E-state index in [9.17, 15) is 9.90 Å². The molecule has 0 saturated carbocycles. The van der Waals surface area contributed by atoms with E-state index in [2.05, 4.69) is 16.0 Å². The van der Waals surface area contributed by atoms with E-state index in [0.717, 1.165) is 17.7 Å². The first-order valence-electron chi connectivity index (χ1n) is 9.13. The lowest BCUT2D eigenvalue weighted by molar-refractivity contribution is -0.0232. The normalized spacial score (nSPS) is 18.3. The molecule has 0 spiro atoms. The Morgan fingerprint density at radius 3 is 2.70 bits per heavy atom. The molecule has 1 N–H and O–H groups in total. The van der Waals surface area contributed by atoms with Gasteiger partial charge in [0, 0.05) is 24.2 Å². The maximum absolute atomic E-state index is 12.8. The van der Waals surface area contributed by atoms with Crippen molar-refractivity contribution in [3.63, 3.8) is 0 Å². The van der Waals surface area contributed by atoms with E-state index in [1.165, 1.54) is 31.1 Å². The summed E-state index contributed by atoms with van der Waals surface area (Å²) in [5.74, 6) is 0.369. The predicted octanol–water partition coefficient (Wildman–Crippen LogP) is 2.17. The van der Waals surface area contributed by atoms with Crippen LogP contribution < -0.4 is 9.47 Å². The van der Waals surface area contributed by atoms with Crippen LogP contribution in [-0.2, 0) is 18.4 Å². The molecule has 0 atom stereocenters. The third-order valence-electron chi connectivity index (χ3n) is 5.44. The highest BCUT2D eigenvalue weighted by molar-refractivity contribution is 7.14. The van der Waals surface area contributed by atoms with Crippen molar-refractivity contribution in [3.8, 4) is 11.9 Å². The lowest BCUT2D eigenvalue weighted by atomic mass is 9.85. The maximum atomic E-state index is 12.8. The van der Waals surface area contributed by atoms with Crippen LogP contribution in [0.1, 0.15) is 44.9 Å². The fraction of sp³-hybridized carbons (Fsp3) is 0.526. The molecule has 27 heavy (non-hydrogen) atoms. The zero-order valence-corrected chi connectivity index (χ0v) is 16.3. The molecule has 2 aromatic rings. The molecule has 0 aromatic carbocycles. The molecular formula is C19H23N3O4S. The third kappa shape index (κ3) is 3.27. The second-order valence-corrected chi connectivity index (χ2v) is 8.15. The van der Waals surface area contributed by atoms with Gasteiger partial charge in [-0.25, -0.2) is 4.98 Å². The van der Waals surface area contributed by atoms with Crippen LogP contribution in [0.5, 0.6) is 11.9 Å². The average Bonchev–Trinajstić information content (AvgIpc) is 3.29. The van der Waals surface area contributed by atoms with Crippen molar-refractivity contribution in [2.45, 2.75) is 37.7 Å². The van der Waals surface area contributed by atoms with Crippen LogP contribution in [-0.4, -0.2) is 53.2 Å². The van der Waals surface area contributed by atoms with Gasteiger partial charge in [0.05, 0.1) is 30.3 Å². The highest BCUT2D eigenvalue weighted by Gasteiger charge is 2.39. The molecule has 1 aliphatic heterocycles. The summed E-state index contributed by atoms with van der Waals surface area (Å²) < 4.78 is 10.3. The van der Waals surface area contributed by atoms with Gasteiger partial charge in [0.1, 0.15) is 0 Å². The Bertz CT molecular complexity index is 837. The molecule has 3 heterocycles. The van der Waals surface area contributed by atoms with Crippen LogP contribution >= 0.6 is 11.3 Å². The summed E-state index contributed by atoms with van der Waals surface area (Å²) in [6, 6.07) is 2.24. The Morgan fingerprint density at radius 2 is 2.04 bits per heavy atom. The van der Waals surface area contributed by atoms with Crippen molar-refractivity contribution in [1.29, 1.82) is 0 Å². The first kappa shape index (κ1) is 18.2. The van der Waals surface area contributed by atoms with Crippen LogP contribution in [0.15, 0.2) is 12.3 Å². The van der Waals surface area contributed by atoms with Gasteiger partial charge in [-0.3, -0.25) is 4.79 Å². The van der Waals surface area contributed by atoms with Crippen molar-refractivity contribution in [3.05, 3.63) is 33.1 Å². The lowest BCUT2D eigenvalue weighted by Crippen LogP contribution is -2.45. The number of hydrogen-bond donors (Lipinski definition) is 1. The van der Waals surface area contributed by atoms with E-state index in [1.54, 1.807) is 17.5 Å². The topological polar surface area (TPSA) is 84.8 Å². The van der Waals surface area contributed by atoms with Crippen molar-refractivity contribution >= 4 is 17.2 Å². The highest BCUT2D eigenvalue weighted by atomic mass is 32.1. The van der Waals surface area contributed by atoms with E-state index in [0.29, 0.717) is 37.4 Å². The molecule has 1 amide bonds. The number of carbonyl (C=O) groups excluding carboxylic acids is 1. The molecule has 7 nitrogen and oxygen atoms in total. The number of amides is 1. The van der Waals surface area contributed by atoms with E-state index in [-0.39, 0.29) is 11.9 Å². The fourth-order valence-electron chi connectivity index (χ4n) is 3.86. The summed E-state index contributed by atoms with van der Waals surface area (Å²) in [5, 5.41) is 11.1. The number of aliphatic hydroxyl groups is 1. The zero-order valence-electron chi connectivity index (χ0n) is 15.5. The van der Waals surface area contributed by atoms with Gasteiger partial charge < -0.3 is 19.5 Å². The number of rotatable bonds is 4. The molecule has 0 unspecified atom stereocenters. The number of hydrogen-bond acceptors (Lipinski definition) is 7. The molecule has 1 saturated heterocycles. The largest absolute Gasteiger partial charge is 0.481 e. The predicted molar refractivity (Wildman–Crippen MR) is 101 cm³/mol. The standard InChI is InChI=1S/C19H23N3O4S/c1-25-16-13(11-20-18(21-16)26-2)19(24)6-8-22(9-7-19)17(23)15-10-12-4-3-5-14(12)27-15/h10-11,24H,3-9H2,1-2H3. The highest BCUT2D eigenvalue weighted by Crippen LogP contribution is 2.38. The van der Waals surface area contributed by atoms with Crippen LogP contribution in [0.3, 0.4) is 0 Å². The van der Waals surface area contributed by atoms with Gasteiger partial charge in [-0.2, -0.15) is 4.98 Å². The number of aromatic nitrogens is 2. The van der Waals surface area contributed by atoms with Crippen LogP contribution in [0, 0.1) is 0 Å². The van der Waals surface area contributed by atoms with E-state index < -0.39 is 5.60 Å². The summed E-state index contributed by atoms with van der Waals surface area (Å²) >= 11 is 1.62. The molecule has 144 valence electrons. The molecule has 8 heteroatoms. The minimum absolute atomic E-state index is 0.0643. The van der Waals surface area contributed by atoms with Crippen molar-refractivity contribution < 1.29 is 19.4 Å². The number of aryl methyl sites for hydroxylation is 2. The van der Waals surface area contributed by atoms with E-state index >= 15 is 0 Å². The molecule has 2 aromatic heterocycles. The second kappa shape index (κ2) is 7.09. The number of methoxy groups -OCH3 is 2. The summed E-state index contributed by atoms with van der Waals surface area (Å²) in [6.45, 7) is 0.958. The molecule has 0 radical (unpaired) electrons. The number of thiophene rings is 1. The summed E-state index contributed by atoms with van der Waals surface area (Å²) in [5.41, 5.74) is 0.746. The molecule has 4 rings (SSSR count). The molecule has 1 aliphatic carbocycles. The number of fused-ring (bicyclic) bond motifs is 1. The Balaban J connectivity index is 1.48. The minimum atomic E-state index is -1.12. The Hall–Kier alpha value is -2.19. The van der Waals surface area contributed by atoms with Crippen molar-refractivity contribution in [2.24, 2.45) is 0 Å². The number of nitrogens with zero attached hydrogens (tertiary/aromatic N) is 3. The number of ether oxygens (including phenoxy) is 2. The number of likely N-dealkylation sites (tertiary alicyclic amines) is 1. The first-order valence-corrected chi connectivity index (χ1v) is 9.94. The van der Waals surface area contributed by atoms with Crippen molar-refractivity contribution in [2.75, 3.05) is 27.3 Å². The molecular weight excluding hydrogens is 366 g/mol. The zero-order chi connectivity index (χ0) is 19.0. The van der Waals surface area contributed by atoms with Gasteiger partial charge in [-0.15, -0.1) is 11.3 Å². The minimum Gasteiger partial charge on any atom is -0.481 e. The van der Waals surface area contributed by atoms with Gasteiger partial charge in [-0.1, -0.05) is 0 Å². The monoisotopic (exact) mass is 389 g/mol. The fourth-order valence-corrected chi connectivity index (χ4v) is 5.08. The van der Waals surface area contributed by atoms with E-state index in [4.69, 9.17) is 9.47 Å².